The second-order valence-corrected chi connectivity index (χ2v) is 6.65. The van der Waals surface area contributed by atoms with E-state index in [1.54, 1.807) is 6.20 Å². The van der Waals surface area contributed by atoms with E-state index in [0.717, 1.165) is 21.9 Å². The van der Waals surface area contributed by atoms with Crippen molar-refractivity contribution in [1.29, 1.82) is 0 Å². The van der Waals surface area contributed by atoms with Gasteiger partial charge in [-0.15, -0.1) is 0 Å². The van der Waals surface area contributed by atoms with Gasteiger partial charge in [0.2, 0.25) is 5.88 Å². The van der Waals surface area contributed by atoms with Crippen LogP contribution in [0.25, 0.3) is 21.9 Å². The van der Waals surface area contributed by atoms with E-state index in [1.807, 2.05) is 42.7 Å². The van der Waals surface area contributed by atoms with Crippen molar-refractivity contribution in [2.24, 2.45) is 5.92 Å². The highest BCUT2D eigenvalue weighted by atomic mass is 16.5. The molecule has 0 spiro atoms. The average molecular weight is 347 g/mol. The molecule has 132 valence electrons. The first kappa shape index (κ1) is 16.3. The Morgan fingerprint density at radius 2 is 1.88 bits per heavy atom. The van der Waals surface area contributed by atoms with Gasteiger partial charge in [0.1, 0.15) is 12.1 Å². The van der Waals surface area contributed by atoms with E-state index in [0.29, 0.717) is 24.2 Å². The first-order chi connectivity index (χ1) is 12.6. The van der Waals surface area contributed by atoms with Crippen LogP contribution in [0, 0.1) is 5.92 Å². The minimum Gasteiger partial charge on any atom is -0.475 e. The highest BCUT2D eigenvalue weighted by molar-refractivity contribution is 6.06. The summed E-state index contributed by atoms with van der Waals surface area (Å²) in [6.07, 6.45) is 3.56. The molecule has 0 saturated carbocycles. The highest BCUT2D eigenvalue weighted by Crippen LogP contribution is 2.31. The fourth-order valence-corrected chi connectivity index (χ4v) is 3.22. The minimum absolute atomic E-state index is 0.0900. The van der Waals surface area contributed by atoms with Crippen molar-refractivity contribution in [3.05, 3.63) is 55.0 Å². The number of hydrogen-bond donors (Lipinski definition) is 1. The Morgan fingerprint density at radius 1 is 1.08 bits per heavy atom. The third-order valence-corrected chi connectivity index (χ3v) is 4.60. The van der Waals surface area contributed by atoms with E-state index in [-0.39, 0.29) is 6.04 Å². The monoisotopic (exact) mass is 347 g/mol. The van der Waals surface area contributed by atoms with Gasteiger partial charge in [-0.2, -0.15) is 0 Å². The number of nitrogen functional groups attached to an aromatic ring is 1. The molecule has 26 heavy (non-hydrogen) atoms. The molecular weight excluding hydrogens is 326 g/mol. The lowest BCUT2D eigenvalue weighted by Crippen LogP contribution is -2.22. The van der Waals surface area contributed by atoms with Crippen LogP contribution < -0.4 is 10.5 Å². The number of fused-ring (bicyclic) bond motifs is 3. The summed E-state index contributed by atoms with van der Waals surface area (Å²) in [6, 6.07) is 13.7. The Hall–Kier alpha value is -3.15. The molecule has 1 aromatic carbocycles. The predicted octanol–water partition coefficient (Wildman–Crippen LogP) is 3.84. The second-order valence-electron chi connectivity index (χ2n) is 6.65. The summed E-state index contributed by atoms with van der Waals surface area (Å²) in [7, 11) is 0. The molecule has 4 rings (SSSR count). The van der Waals surface area contributed by atoms with Gasteiger partial charge >= 0.3 is 0 Å². The molecule has 0 aliphatic rings. The van der Waals surface area contributed by atoms with Gasteiger partial charge in [0, 0.05) is 17.6 Å². The molecule has 0 bridgehead atoms. The maximum Gasteiger partial charge on any atom is 0.213 e. The molecule has 0 aliphatic carbocycles. The van der Waals surface area contributed by atoms with E-state index in [4.69, 9.17) is 10.5 Å². The van der Waals surface area contributed by atoms with Crippen LogP contribution in [-0.2, 0) is 0 Å². The van der Waals surface area contributed by atoms with Crippen molar-refractivity contribution in [3.63, 3.8) is 0 Å². The molecule has 0 saturated heterocycles. The topological polar surface area (TPSA) is 78.8 Å². The molecule has 3 aromatic heterocycles. The summed E-state index contributed by atoms with van der Waals surface area (Å²) in [5.41, 5.74) is 8.74. The van der Waals surface area contributed by atoms with E-state index >= 15 is 0 Å². The number of para-hydroxylation sites is 1. The fraction of sp³-hybridized carbons (Fsp3) is 0.250. The second kappa shape index (κ2) is 6.63. The molecule has 1 unspecified atom stereocenters. The van der Waals surface area contributed by atoms with Gasteiger partial charge in [0.05, 0.1) is 23.4 Å². The Kier molecular flexibility index (Phi) is 4.16. The minimum atomic E-state index is 0.0900. The molecule has 6 nitrogen and oxygen atoms in total. The molecule has 2 N–H and O–H groups in total. The van der Waals surface area contributed by atoms with Crippen molar-refractivity contribution >= 4 is 27.8 Å². The van der Waals surface area contributed by atoms with E-state index < -0.39 is 0 Å². The van der Waals surface area contributed by atoms with Crippen molar-refractivity contribution in [2.75, 3.05) is 12.3 Å². The average Bonchev–Trinajstić information content (AvgIpc) is 3.08. The Morgan fingerprint density at radius 3 is 2.65 bits per heavy atom. The van der Waals surface area contributed by atoms with Gasteiger partial charge in [0.25, 0.3) is 0 Å². The number of hydrogen-bond acceptors (Lipinski definition) is 5. The van der Waals surface area contributed by atoms with Crippen LogP contribution in [0.15, 0.2) is 55.0 Å². The number of benzene rings is 1. The number of ether oxygens (including phenoxy) is 1. The molecule has 0 radical (unpaired) electrons. The lowest BCUT2D eigenvalue weighted by Gasteiger charge is -2.23. The summed E-state index contributed by atoms with van der Waals surface area (Å²) in [5.74, 6) is 1.41. The number of anilines is 1. The number of nitrogens with zero attached hydrogens (tertiary/aromatic N) is 4. The zero-order valence-electron chi connectivity index (χ0n) is 14.8. The van der Waals surface area contributed by atoms with Crippen molar-refractivity contribution in [2.45, 2.75) is 19.9 Å². The van der Waals surface area contributed by atoms with Crippen LogP contribution in [0.1, 0.15) is 19.9 Å². The number of nitrogens with two attached hydrogens (primary N) is 1. The third-order valence-electron chi connectivity index (χ3n) is 4.60. The molecule has 6 heteroatoms. The number of rotatable bonds is 5. The van der Waals surface area contributed by atoms with E-state index in [9.17, 15) is 0 Å². The lowest BCUT2D eigenvalue weighted by molar-refractivity contribution is 0.209. The zero-order chi connectivity index (χ0) is 18.1. The van der Waals surface area contributed by atoms with Gasteiger partial charge < -0.3 is 15.0 Å². The van der Waals surface area contributed by atoms with Crippen LogP contribution in [-0.4, -0.2) is 26.1 Å². The first-order valence-electron chi connectivity index (χ1n) is 8.69. The number of aromatic nitrogens is 4. The summed E-state index contributed by atoms with van der Waals surface area (Å²) in [6.45, 7) is 4.84. The molecule has 1 atom stereocenters. The largest absolute Gasteiger partial charge is 0.475 e. The normalized spacial score (nSPS) is 12.7. The summed E-state index contributed by atoms with van der Waals surface area (Å²) < 4.78 is 8.09. The lowest BCUT2D eigenvalue weighted by atomic mass is 10.0. The Balaban J connectivity index is 1.80. The van der Waals surface area contributed by atoms with E-state index in [2.05, 4.69) is 39.4 Å². The maximum atomic E-state index is 6.15. The van der Waals surface area contributed by atoms with Crippen LogP contribution in [0.5, 0.6) is 5.88 Å². The zero-order valence-corrected chi connectivity index (χ0v) is 14.8. The standard InChI is InChI=1S/C20H21N5O/c1-13(2)16(11-26-17-9-5-6-10-22-17)25-12-23-18-19(25)14-7-3-4-8-15(14)24-20(18)21/h3-10,12-13,16H,11H2,1-2H3,(H2,21,24). The van der Waals surface area contributed by atoms with Crippen LogP contribution in [0.2, 0.25) is 0 Å². The number of pyridine rings is 2. The smallest absolute Gasteiger partial charge is 0.213 e. The van der Waals surface area contributed by atoms with Crippen molar-refractivity contribution < 1.29 is 4.74 Å². The van der Waals surface area contributed by atoms with Gasteiger partial charge in [-0.1, -0.05) is 38.1 Å². The molecule has 3 heterocycles. The van der Waals surface area contributed by atoms with Crippen LogP contribution in [0.4, 0.5) is 5.82 Å². The maximum absolute atomic E-state index is 6.15. The molecule has 0 fully saturated rings. The van der Waals surface area contributed by atoms with Crippen molar-refractivity contribution in [3.8, 4) is 5.88 Å². The Bertz CT molecular complexity index is 1040. The van der Waals surface area contributed by atoms with Gasteiger partial charge in [0.15, 0.2) is 5.82 Å². The number of imidazole rings is 1. The summed E-state index contributed by atoms with van der Waals surface area (Å²) in [4.78, 5) is 13.2. The van der Waals surface area contributed by atoms with Crippen LogP contribution >= 0.6 is 0 Å². The van der Waals surface area contributed by atoms with Gasteiger partial charge in [-0.3, -0.25) is 0 Å². The fourth-order valence-electron chi connectivity index (χ4n) is 3.22. The first-order valence-corrected chi connectivity index (χ1v) is 8.69. The SMILES string of the molecule is CC(C)C(COc1ccccn1)n1cnc2c(N)nc3ccccc3c21. The summed E-state index contributed by atoms with van der Waals surface area (Å²) in [5, 5.41) is 1.04. The van der Waals surface area contributed by atoms with Crippen LogP contribution in [0.3, 0.4) is 0 Å². The quantitative estimate of drug-likeness (QED) is 0.593. The molecule has 0 aliphatic heterocycles. The summed E-state index contributed by atoms with van der Waals surface area (Å²) >= 11 is 0. The Labute approximate surface area is 151 Å². The molecule has 4 aromatic rings. The predicted molar refractivity (Wildman–Crippen MR) is 103 cm³/mol. The van der Waals surface area contributed by atoms with Gasteiger partial charge in [-0.05, 0) is 18.1 Å². The highest BCUT2D eigenvalue weighted by Gasteiger charge is 2.22. The molecular formula is C20H21N5O. The van der Waals surface area contributed by atoms with Crippen molar-refractivity contribution in [1.82, 2.24) is 19.5 Å². The van der Waals surface area contributed by atoms with Gasteiger partial charge in [-0.25, -0.2) is 15.0 Å². The van der Waals surface area contributed by atoms with E-state index in [1.165, 1.54) is 0 Å². The third kappa shape index (κ3) is 2.83. The molecule has 0 amide bonds.